The average Bonchev–Trinajstić information content (AvgIpc) is 2.91. The number of nitrogens with zero attached hydrogens (tertiary/aromatic N) is 2. The summed E-state index contributed by atoms with van der Waals surface area (Å²) in [7, 11) is 0. The highest BCUT2D eigenvalue weighted by atomic mass is 32.1. The molecule has 2 aliphatic rings. The number of thiazole rings is 1. The molecule has 1 aliphatic heterocycles. The molecule has 1 saturated heterocycles. The number of rotatable bonds is 3. The van der Waals surface area contributed by atoms with Crippen LogP contribution in [0.3, 0.4) is 0 Å². The van der Waals surface area contributed by atoms with Crippen LogP contribution in [0.1, 0.15) is 18.4 Å². The molecule has 1 spiro atoms. The summed E-state index contributed by atoms with van der Waals surface area (Å²) < 4.78 is 0. The summed E-state index contributed by atoms with van der Waals surface area (Å²) in [5.74, 6) is -0.455. The molecule has 134 valence electrons. The van der Waals surface area contributed by atoms with E-state index in [2.05, 4.69) is 22.0 Å². The predicted molar refractivity (Wildman–Crippen MR) is 95.8 cm³/mol. The molecule has 2 aromatic rings. The lowest BCUT2D eigenvalue weighted by Gasteiger charge is -2.15. The Labute approximate surface area is 150 Å². The topological polar surface area (TPSA) is 93.9 Å². The SMILES string of the molecule is CC(=O)O.OC[C@@H]1[C@@H](c2ccccc2)[C@]12CN(c1nccs1)C[C@@H]2O. The summed E-state index contributed by atoms with van der Waals surface area (Å²) in [6, 6.07) is 10.2. The van der Waals surface area contributed by atoms with E-state index in [9.17, 15) is 10.2 Å². The van der Waals surface area contributed by atoms with Crippen LogP contribution < -0.4 is 4.90 Å². The standard InChI is InChI=1S/C16H18N2O2S.C2H4O2/c19-9-12-14(11-4-2-1-3-5-11)16(12)10-18(8-13(16)20)15-17-6-7-21-15;1-2(3)4/h1-7,12-14,19-20H,8-10H2;1H3,(H,3,4)/t12-,13+,14-,16-;/m1./s1. The van der Waals surface area contributed by atoms with Crippen LogP contribution in [-0.4, -0.2) is 52.1 Å². The maximum Gasteiger partial charge on any atom is 0.300 e. The van der Waals surface area contributed by atoms with Crippen molar-refractivity contribution in [2.24, 2.45) is 11.3 Å². The summed E-state index contributed by atoms with van der Waals surface area (Å²) in [5, 5.41) is 30.7. The zero-order valence-electron chi connectivity index (χ0n) is 13.9. The van der Waals surface area contributed by atoms with Crippen LogP contribution in [0, 0.1) is 11.3 Å². The number of aliphatic hydroxyl groups is 2. The van der Waals surface area contributed by atoms with E-state index in [1.165, 1.54) is 5.56 Å². The molecular weight excluding hydrogens is 340 g/mol. The van der Waals surface area contributed by atoms with E-state index in [0.29, 0.717) is 6.54 Å². The number of β-amino-alcohol motifs (C(OH)–C–C–N with tert-alkyl or cyclic N) is 1. The minimum Gasteiger partial charge on any atom is -0.481 e. The van der Waals surface area contributed by atoms with Gasteiger partial charge in [0.05, 0.1) is 6.10 Å². The van der Waals surface area contributed by atoms with Crippen LogP contribution in [0.25, 0.3) is 0 Å². The molecule has 25 heavy (non-hydrogen) atoms. The van der Waals surface area contributed by atoms with Crippen LogP contribution >= 0.6 is 11.3 Å². The smallest absolute Gasteiger partial charge is 0.300 e. The molecule has 7 heteroatoms. The number of carbonyl (C=O) groups is 1. The van der Waals surface area contributed by atoms with E-state index < -0.39 is 12.1 Å². The second-order valence-electron chi connectivity index (χ2n) is 6.52. The highest BCUT2D eigenvalue weighted by Crippen LogP contribution is 2.68. The summed E-state index contributed by atoms with van der Waals surface area (Å²) in [4.78, 5) is 15.5. The highest BCUT2D eigenvalue weighted by Gasteiger charge is 2.71. The molecule has 1 aliphatic carbocycles. The van der Waals surface area contributed by atoms with E-state index in [-0.39, 0.29) is 23.9 Å². The molecule has 6 nitrogen and oxygen atoms in total. The predicted octanol–water partition coefficient (Wildman–Crippen LogP) is 1.81. The molecule has 0 amide bonds. The number of aromatic nitrogens is 1. The number of aliphatic carboxylic acids is 1. The van der Waals surface area contributed by atoms with Gasteiger partial charge in [0, 0.05) is 43.6 Å². The van der Waals surface area contributed by atoms with Crippen LogP contribution in [0.4, 0.5) is 5.13 Å². The van der Waals surface area contributed by atoms with Crippen LogP contribution in [0.2, 0.25) is 0 Å². The molecule has 2 fully saturated rings. The number of carboxylic acids is 1. The highest BCUT2D eigenvalue weighted by molar-refractivity contribution is 7.13. The first-order valence-corrected chi connectivity index (χ1v) is 9.06. The molecular formula is C18H22N2O4S. The van der Waals surface area contributed by atoms with Crippen LogP contribution in [-0.2, 0) is 4.79 Å². The molecule has 1 aromatic carbocycles. The fourth-order valence-corrected chi connectivity index (χ4v) is 4.74. The third-order valence-corrected chi connectivity index (χ3v) is 5.92. The van der Waals surface area contributed by atoms with Crippen molar-refractivity contribution in [3.05, 3.63) is 47.5 Å². The van der Waals surface area contributed by atoms with E-state index >= 15 is 0 Å². The Morgan fingerprint density at radius 2 is 2.08 bits per heavy atom. The normalized spacial score (nSPS) is 30.0. The van der Waals surface area contributed by atoms with E-state index in [1.54, 1.807) is 17.5 Å². The first kappa shape index (κ1) is 17.8. The quantitative estimate of drug-likeness (QED) is 0.771. The monoisotopic (exact) mass is 362 g/mol. The van der Waals surface area contributed by atoms with E-state index in [4.69, 9.17) is 9.90 Å². The van der Waals surface area contributed by atoms with Gasteiger partial charge in [0.2, 0.25) is 0 Å². The van der Waals surface area contributed by atoms with E-state index in [1.807, 2.05) is 23.6 Å². The number of hydrogen-bond donors (Lipinski definition) is 3. The minimum absolute atomic E-state index is 0.127. The largest absolute Gasteiger partial charge is 0.481 e. The summed E-state index contributed by atoms with van der Waals surface area (Å²) in [5.41, 5.74) is 0.999. The summed E-state index contributed by atoms with van der Waals surface area (Å²) in [6.07, 6.45) is 1.38. The van der Waals surface area contributed by atoms with Gasteiger partial charge in [-0.2, -0.15) is 0 Å². The maximum absolute atomic E-state index is 10.6. The fourth-order valence-electron chi connectivity index (χ4n) is 4.09. The number of hydrogen-bond acceptors (Lipinski definition) is 6. The molecule has 0 radical (unpaired) electrons. The van der Waals surface area contributed by atoms with Crippen molar-refractivity contribution in [1.82, 2.24) is 4.98 Å². The van der Waals surface area contributed by atoms with Gasteiger partial charge in [0.1, 0.15) is 0 Å². The number of aliphatic hydroxyl groups excluding tert-OH is 2. The zero-order valence-corrected chi connectivity index (χ0v) is 14.8. The Morgan fingerprint density at radius 3 is 2.64 bits per heavy atom. The number of carboxylic acid groups (broad SMARTS) is 1. The summed E-state index contributed by atoms with van der Waals surface area (Å²) >= 11 is 1.60. The maximum atomic E-state index is 10.6. The second-order valence-corrected chi connectivity index (χ2v) is 7.39. The summed E-state index contributed by atoms with van der Waals surface area (Å²) in [6.45, 7) is 2.59. The molecule has 3 N–H and O–H groups in total. The Balaban J connectivity index is 0.000000415. The molecule has 1 saturated carbocycles. The number of benzene rings is 1. The average molecular weight is 362 g/mol. The number of anilines is 1. The van der Waals surface area contributed by atoms with Gasteiger partial charge in [-0.3, -0.25) is 4.79 Å². The molecule has 0 bridgehead atoms. The van der Waals surface area contributed by atoms with Crippen molar-refractivity contribution in [1.29, 1.82) is 0 Å². The first-order valence-electron chi connectivity index (χ1n) is 8.18. The van der Waals surface area contributed by atoms with Gasteiger partial charge in [-0.1, -0.05) is 30.3 Å². The Morgan fingerprint density at radius 1 is 1.40 bits per heavy atom. The van der Waals surface area contributed by atoms with Crippen molar-refractivity contribution in [3.8, 4) is 0 Å². The third kappa shape index (κ3) is 3.27. The Hall–Kier alpha value is -1.96. The van der Waals surface area contributed by atoms with Gasteiger partial charge in [0.25, 0.3) is 5.97 Å². The van der Waals surface area contributed by atoms with Gasteiger partial charge in [-0.25, -0.2) is 4.98 Å². The zero-order chi connectivity index (χ0) is 18.0. The molecule has 4 rings (SSSR count). The van der Waals surface area contributed by atoms with Crippen molar-refractivity contribution >= 4 is 22.4 Å². The van der Waals surface area contributed by atoms with Crippen molar-refractivity contribution < 1.29 is 20.1 Å². The lowest BCUT2D eigenvalue weighted by atomic mass is 9.95. The van der Waals surface area contributed by atoms with Crippen molar-refractivity contribution in [2.75, 3.05) is 24.6 Å². The fraction of sp³-hybridized carbons (Fsp3) is 0.444. The first-order chi connectivity index (χ1) is 12.0. The lowest BCUT2D eigenvalue weighted by Crippen LogP contribution is -2.23. The van der Waals surface area contributed by atoms with Crippen molar-refractivity contribution in [2.45, 2.75) is 18.9 Å². The van der Waals surface area contributed by atoms with Gasteiger partial charge < -0.3 is 20.2 Å². The third-order valence-electron chi connectivity index (χ3n) is 5.09. The van der Waals surface area contributed by atoms with E-state index in [0.717, 1.165) is 18.6 Å². The van der Waals surface area contributed by atoms with Crippen LogP contribution in [0.5, 0.6) is 0 Å². The van der Waals surface area contributed by atoms with Gasteiger partial charge >= 0.3 is 0 Å². The Bertz CT molecular complexity index is 705. The second kappa shape index (κ2) is 7.11. The lowest BCUT2D eigenvalue weighted by molar-refractivity contribution is -0.134. The molecule has 4 atom stereocenters. The molecule has 0 unspecified atom stereocenters. The van der Waals surface area contributed by atoms with Gasteiger partial charge in [-0.15, -0.1) is 11.3 Å². The molecule has 1 aromatic heterocycles. The van der Waals surface area contributed by atoms with Gasteiger partial charge in [-0.05, 0) is 17.4 Å². The minimum atomic E-state index is -0.833. The van der Waals surface area contributed by atoms with Crippen LogP contribution in [0.15, 0.2) is 41.9 Å². The van der Waals surface area contributed by atoms with Gasteiger partial charge in [0.15, 0.2) is 5.13 Å². The van der Waals surface area contributed by atoms with Crippen molar-refractivity contribution in [3.63, 3.8) is 0 Å². The molecule has 2 heterocycles. The Kier molecular flexibility index (Phi) is 5.08.